The number of fused-ring (bicyclic) bond motifs is 1. The van der Waals surface area contributed by atoms with Crippen molar-refractivity contribution < 1.29 is 9.15 Å². The lowest BCUT2D eigenvalue weighted by Crippen LogP contribution is -2.33. The predicted molar refractivity (Wildman–Crippen MR) is 40.9 cm³/mol. The molecule has 0 bridgehead atoms. The minimum Gasteiger partial charge on any atom is -0.330 e. The number of hydrogen-bond donors (Lipinski definition) is 1. The highest BCUT2D eigenvalue weighted by atomic mass is 17.0. The van der Waals surface area contributed by atoms with Crippen molar-refractivity contribution in [3.05, 3.63) is 10.8 Å². The molecule has 0 aromatic carbocycles. The highest BCUT2D eigenvalue weighted by Crippen LogP contribution is 2.11. The first-order valence-electron chi connectivity index (χ1n) is 3.87. The fourth-order valence-corrected chi connectivity index (χ4v) is 1.34. The van der Waals surface area contributed by atoms with Gasteiger partial charge in [0, 0.05) is 0 Å². The van der Waals surface area contributed by atoms with Crippen molar-refractivity contribution in [2.45, 2.75) is 12.8 Å². The van der Waals surface area contributed by atoms with Crippen molar-refractivity contribution in [2.75, 3.05) is 6.54 Å². The second-order valence-electron chi connectivity index (χ2n) is 2.84. The largest absolute Gasteiger partial charge is 0.330 e. The molecule has 0 aliphatic heterocycles. The van der Waals surface area contributed by atoms with Gasteiger partial charge in [-0.2, -0.15) is 0 Å². The van der Waals surface area contributed by atoms with Gasteiger partial charge in [-0.05, 0) is 37.5 Å². The van der Waals surface area contributed by atoms with E-state index in [2.05, 4.69) is 12.2 Å². The van der Waals surface area contributed by atoms with E-state index >= 15 is 0 Å². The summed E-state index contributed by atoms with van der Waals surface area (Å²) in [4.78, 5) is 0. The maximum Gasteiger partial charge on any atom is 0.221 e. The van der Waals surface area contributed by atoms with Crippen molar-refractivity contribution in [3.8, 4) is 0 Å². The fraction of sp³-hybridized carbons (Fsp3) is 0.500. The zero-order valence-corrected chi connectivity index (χ0v) is 6.25. The Balaban J connectivity index is 2.20. The summed E-state index contributed by atoms with van der Waals surface area (Å²) in [5.74, 6) is 0.544. The van der Waals surface area contributed by atoms with Crippen LogP contribution in [0.4, 0.5) is 0 Å². The van der Waals surface area contributed by atoms with Crippen LogP contribution in [-0.4, -0.2) is 6.54 Å². The highest BCUT2D eigenvalue weighted by molar-refractivity contribution is 5.34. The van der Waals surface area contributed by atoms with E-state index < -0.39 is 0 Å². The molecule has 0 saturated heterocycles. The van der Waals surface area contributed by atoms with Crippen LogP contribution in [0.1, 0.15) is 12.8 Å². The molecule has 1 unspecified atom stereocenters. The van der Waals surface area contributed by atoms with Gasteiger partial charge in [-0.3, -0.25) is 9.15 Å². The normalized spacial score (nSPS) is 22.1. The lowest BCUT2D eigenvalue weighted by Gasteiger charge is -2.10. The summed E-state index contributed by atoms with van der Waals surface area (Å²) in [6, 6.07) is 0. The Labute approximate surface area is 64.1 Å². The Bertz CT molecular complexity index is 333. The SMILES string of the molecule is NCCC1C=c2ooc2=CC1. The van der Waals surface area contributed by atoms with Crippen molar-refractivity contribution >= 4 is 12.2 Å². The molecule has 1 atom stereocenters. The van der Waals surface area contributed by atoms with Crippen molar-refractivity contribution in [3.63, 3.8) is 0 Å². The van der Waals surface area contributed by atoms with Gasteiger partial charge in [-0.1, -0.05) is 0 Å². The summed E-state index contributed by atoms with van der Waals surface area (Å²) in [6.45, 7) is 0.735. The first-order valence-corrected chi connectivity index (χ1v) is 3.87. The second-order valence-corrected chi connectivity index (χ2v) is 2.84. The van der Waals surface area contributed by atoms with Crippen LogP contribution in [0, 0.1) is 5.92 Å². The third-order valence-electron chi connectivity index (χ3n) is 1.99. The molecule has 1 aromatic rings. The molecule has 11 heavy (non-hydrogen) atoms. The summed E-state index contributed by atoms with van der Waals surface area (Å²) in [5.41, 5.74) is 7.21. The average molecular weight is 153 g/mol. The Hall–Kier alpha value is -0.960. The first kappa shape index (κ1) is 6.73. The fourth-order valence-electron chi connectivity index (χ4n) is 1.34. The zero-order chi connectivity index (χ0) is 7.68. The second kappa shape index (κ2) is 2.58. The van der Waals surface area contributed by atoms with Gasteiger partial charge >= 0.3 is 0 Å². The molecule has 60 valence electrons. The third kappa shape index (κ3) is 1.12. The molecular formula is C8H11NO2. The predicted octanol–water partition coefficient (Wildman–Crippen LogP) is -0.198. The third-order valence-corrected chi connectivity index (χ3v) is 1.99. The van der Waals surface area contributed by atoms with Crippen molar-refractivity contribution in [2.24, 2.45) is 11.7 Å². The van der Waals surface area contributed by atoms with Gasteiger partial charge in [0.05, 0.1) is 0 Å². The van der Waals surface area contributed by atoms with E-state index in [1.807, 2.05) is 0 Å². The Morgan fingerprint density at radius 3 is 2.82 bits per heavy atom. The molecule has 0 fully saturated rings. The molecule has 2 rings (SSSR count). The first-order chi connectivity index (χ1) is 5.40. The van der Waals surface area contributed by atoms with E-state index in [1.54, 1.807) is 0 Å². The van der Waals surface area contributed by atoms with E-state index in [-0.39, 0.29) is 0 Å². The molecule has 3 nitrogen and oxygen atoms in total. The lowest BCUT2D eigenvalue weighted by molar-refractivity contribution is -0.0368. The standard InChI is InChI=1S/C8H11NO2/c9-4-3-6-1-2-7-8(5-6)11-10-7/h2,5-6H,1,3-4,9H2. The highest BCUT2D eigenvalue weighted by Gasteiger charge is 2.10. The van der Waals surface area contributed by atoms with Crippen LogP contribution >= 0.6 is 0 Å². The molecule has 2 N–H and O–H groups in total. The van der Waals surface area contributed by atoms with Gasteiger partial charge < -0.3 is 5.73 Å². The van der Waals surface area contributed by atoms with Crippen LogP contribution in [0.3, 0.4) is 0 Å². The molecular weight excluding hydrogens is 142 g/mol. The van der Waals surface area contributed by atoms with E-state index in [9.17, 15) is 0 Å². The molecule has 3 heteroatoms. The van der Waals surface area contributed by atoms with E-state index in [1.165, 1.54) is 0 Å². The maximum absolute atomic E-state index is 5.44. The number of hydrogen-bond acceptors (Lipinski definition) is 3. The lowest BCUT2D eigenvalue weighted by atomic mass is 9.98. The van der Waals surface area contributed by atoms with E-state index in [0.29, 0.717) is 5.92 Å². The van der Waals surface area contributed by atoms with Gasteiger partial charge in [0.15, 0.2) is 0 Å². The van der Waals surface area contributed by atoms with E-state index in [0.717, 1.165) is 30.2 Å². The average Bonchev–Trinajstić information content (AvgIpc) is 1.96. The molecule has 1 heterocycles. The van der Waals surface area contributed by atoms with Crippen molar-refractivity contribution in [1.82, 2.24) is 0 Å². The molecule has 0 radical (unpaired) electrons. The minimum atomic E-state index is 0.544. The van der Waals surface area contributed by atoms with Gasteiger partial charge in [0.25, 0.3) is 0 Å². The topological polar surface area (TPSA) is 52.3 Å². The van der Waals surface area contributed by atoms with Gasteiger partial charge in [-0.15, -0.1) is 0 Å². The molecule has 0 spiro atoms. The smallest absolute Gasteiger partial charge is 0.221 e. The number of nitrogens with two attached hydrogens (primary N) is 1. The summed E-state index contributed by atoms with van der Waals surface area (Å²) < 4.78 is 9.49. The molecule has 1 aromatic heterocycles. The van der Waals surface area contributed by atoms with Crippen molar-refractivity contribution in [1.29, 1.82) is 0 Å². The van der Waals surface area contributed by atoms with Gasteiger partial charge in [-0.25, -0.2) is 0 Å². The zero-order valence-electron chi connectivity index (χ0n) is 6.25. The summed E-state index contributed by atoms with van der Waals surface area (Å²) in [5, 5.41) is 0. The quantitative estimate of drug-likeness (QED) is 0.599. The summed E-state index contributed by atoms with van der Waals surface area (Å²) >= 11 is 0. The monoisotopic (exact) mass is 153 g/mol. The Morgan fingerprint density at radius 2 is 2.27 bits per heavy atom. The maximum atomic E-state index is 5.44. The summed E-state index contributed by atoms with van der Waals surface area (Å²) in [7, 11) is 0. The Morgan fingerprint density at radius 1 is 1.45 bits per heavy atom. The number of rotatable bonds is 2. The molecule has 1 aliphatic rings. The van der Waals surface area contributed by atoms with Crippen LogP contribution in [-0.2, 0) is 0 Å². The van der Waals surface area contributed by atoms with Crippen LogP contribution in [0.2, 0.25) is 0 Å². The van der Waals surface area contributed by atoms with Crippen LogP contribution in [0.15, 0.2) is 9.15 Å². The molecule has 0 amide bonds. The molecule has 1 aliphatic carbocycles. The van der Waals surface area contributed by atoms with Crippen LogP contribution in [0.5, 0.6) is 0 Å². The van der Waals surface area contributed by atoms with Gasteiger partial charge in [0.1, 0.15) is 0 Å². The summed E-state index contributed by atoms with van der Waals surface area (Å²) in [6.07, 6.45) is 6.20. The van der Waals surface area contributed by atoms with Crippen LogP contribution < -0.4 is 16.6 Å². The minimum absolute atomic E-state index is 0.544. The van der Waals surface area contributed by atoms with Crippen LogP contribution in [0.25, 0.3) is 12.2 Å². The molecule has 0 saturated carbocycles. The van der Waals surface area contributed by atoms with Gasteiger partial charge in [0.2, 0.25) is 10.8 Å². The Kier molecular flexibility index (Phi) is 1.58. The van der Waals surface area contributed by atoms with E-state index in [4.69, 9.17) is 14.9 Å².